The summed E-state index contributed by atoms with van der Waals surface area (Å²) in [6, 6.07) is 15.1. The van der Waals surface area contributed by atoms with Crippen LogP contribution in [0.15, 0.2) is 71.4 Å². The van der Waals surface area contributed by atoms with Crippen LogP contribution in [0, 0.1) is 6.92 Å². The van der Waals surface area contributed by atoms with Crippen LogP contribution in [0.2, 0.25) is 0 Å². The second-order valence-corrected chi connectivity index (χ2v) is 8.72. The Morgan fingerprint density at radius 2 is 1.95 bits per heavy atom. The number of carbonyl (C=O) groups excluding carboxylic acids is 2. The molecule has 0 spiro atoms. The number of pyridine rings is 1. The molecular formula is C26H27N7O4. The van der Waals surface area contributed by atoms with Gasteiger partial charge in [0.1, 0.15) is 18.3 Å². The van der Waals surface area contributed by atoms with E-state index in [-0.39, 0.29) is 30.3 Å². The first-order valence-corrected chi connectivity index (χ1v) is 12.1. The topological polar surface area (TPSA) is 128 Å². The Morgan fingerprint density at radius 3 is 2.65 bits per heavy atom. The van der Waals surface area contributed by atoms with Crippen molar-refractivity contribution in [3.05, 3.63) is 78.3 Å². The molecule has 1 aliphatic heterocycles. The molecule has 4 heterocycles. The van der Waals surface area contributed by atoms with Crippen molar-refractivity contribution >= 4 is 17.5 Å². The number of furan rings is 1. The van der Waals surface area contributed by atoms with Crippen LogP contribution in [0.25, 0.3) is 11.6 Å². The average molecular weight is 502 g/mol. The fourth-order valence-corrected chi connectivity index (χ4v) is 4.27. The van der Waals surface area contributed by atoms with Crippen molar-refractivity contribution < 1.29 is 18.7 Å². The number of carbonyl (C=O) groups is 2. The standard InChI is InChI=1S/C26H27N7O4/c1-18-9-10-22(37-18)25-29-31-32(30-25)17-23(34)33(20-6-3-2-4-7-20)24(19-11-13-27-14-12-19)26(35)28-16-21-8-5-15-36-21/h2-4,6-7,9-14,21,24H,5,8,15-17H2,1H3,(H,28,35)/t21-,24-/m0/s1. The second-order valence-electron chi connectivity index (χ2n) is 8.72. The van der Waals surface area contributed by atoms with E-state index < -0.39 is 6.04 Å². The number of nitrogens with zero attached hydrogens (tertiary/aromatic N) is 6. The first-order chi connectivity index (χ1) is 18.1. The summed E-state index contributed by atoms with van der Waals surface area (Å²) < 4.78 is 11.2. The van der Waals surface area contributed by atoms with E-state index in [4.69, 9.17) is 9.15 Å². The van der Waals surface area contributed by atoms with E-state index in [9.17, 15) is 9.59 Å². The molecule has 3 aromatic heterocycles. The van der Waals surface area contributed by atoms with E-state index in [1.165, 1.54) is 9.70 Å². The monoisotopic (exact) mass is 501 g/mol. The molecule has 11 nitrogen and oxygen atoms in total. The number of rotatable bonds is 9. The van der Waals surface area contributed by atoms with Gasteiger partial charge in [0.05, 0.1) is 6.10 Å². The highest BCUT2D eigenvalue weighted by atomic mass is 16.5. The van der Waals surface area contributed by atoms with Gasteiger partial charge in [-0.2, -0.15) is 4.80 Å². The first-order valence-electron chi connectivity index (χ1n) is 12.1. The molecule has 1 N–H and O–H groups in total. The molecule has 0 saturated carbocycles. The predicted molar refractivity (Wildman–Crippen MR) is 133 cm³/mol. The van der Waals surface area contributed by atoms with Gasteiger partial charge in [0, 0.05) is 31.2 Å². The van der Waals surface area contributed by atoms with Gasteiger partial charge in [-0.05, 0) is 66.9 Å². The summed E-state index contributed by atoms with van der Waals surface area (Å²) in [6.45, 7) is 2.64. The third-order valence-electron chi connectivity index (χ3n) is 6.05. The number of hydrogen-bond donors (Lipinski definition) is 1. The molecule has 5 rings (SSSR count). The van der Waals surface area contributed by atoms with Crippen molar-refractivity contribution in [2.45, 2.75) is 38.5 Å². The van der Waals surface area contributed by atoms with Crippen LogP contribution in [0.5, 0.6) is 0 Å². The fourth-order valence-electron chi connectivity index (χ4n) is 4.27. The number of tetrazole rings is 1. The second kappa shape index (κ2) is 11.1. The number of hydrogen-bond acceptors (Lipinski definition) is 8. The molecule has 0 aliphatic carbocycles. The lowest BCUT2D eigenvalue weighted by Gasteiger charge is -2.31. The molecular weight excluding hydrogens is 474 g/mol. The predicted octanol–water partition coefficient (Wildman–Crippen LogP) is 2.71. The zero-order valence-electron chi connectivity index (χ0n) is 20.4. The Bertz CT molecular complexity index is 1330. The molecule has 1 aromatic carbocycles. The van der Waals surface area contributed by atoms with Crippen molar-refractivity contribution in [3.8, 4) is 11.6 Å². The summed E-state index contributed by atoms with van der Waals surface area (Å²) in [7, 11) is 0. The Kier molecular flexibility index (Phi) is 7.31. The van der Waals surface area contributed by atoms with Crippen LogP contribution in [-0.2, 0) is 20.9 Å². The summed E-state index contributed by atoms with van der Waals surface area (Å²) in [5.41, 5.74) is 1.18. The molecule has 0 radical (unpaired) electrons. The third kappa shape index (κ3) is 5.72. The molecule has 0 unspecified atom stereocenters. The number of ether oxygens (including phenoxy) is 1. The van der Waals surface area contributed by atoms with E-state index in [1.54, 1.807) is 48.8 Å². The minimum Gasteiger partial charge on any atom is -0.458 e. The smallest absolute Gasteiger partial charge is 0.251 e. The van der Waals surface area contributed by atoms with Crippen LogP contribution < -0.4 is 10.2 Å². The summed E-state index contributed by atoms with van der Waals surface area (Å²) in [5.74, 6) is 0.732. The van der Waals surface area contributed by atoms with Gasteiger partial charge in [-0.25, -0.2) is 0 Å². The molecule has 2 atom stereocenters. The van der Waals surface area contributed by atoms with Crippen LogP contribution in [0.4, 0.5) is 5.69 Å². The molecule has 11 heteroatoms. The maximum Gasteiger partial charge on any atom is 0.251 e. The molecule has 37 heavy (non-hydrogen) atoms. The van der Waals surface area contributed by atoms with Gasteiger partial charge >= 0.3 is 0 Å². The Morgan fingerprint density at radius 1 is 1.14 bits per heavy atom. The highest BCUT2D eigenvalue weighted by molar-refractivity contribution is 6.01. The van der Waals surface area contributed by atoms with Crippen molar-refractivity contribution in [3.63, 3.8) is 0 Å². The zero-order valence-corrected chi connectivity index (χ0v) is 20.4. The van der Waals surface area contributed by atoms with Crippen molar-refractivity contribution in [2.75, 3.05) is 18.1 Å². The SMILES string of the molecule is Cc1ccc(-c2nnn(CC(=O)N(c3ccccc3)[C@H](C(=O)NC[C@@H]3CCCO3)c3ccncc3)n2)o1. The maximum absolute atomic E-state index is 13.8. The quantitative estimate of drug-likeness (QED) is 0.371. The van der Waals surface area contributed by atoms with E-state index in [1.807, 2.05) is 25.1 Å². The van der Waals surface area contributed by atoms with Crippen molar-refractivity contribution in [1.82, 2.24) is 30.5 Å². The molecule has 0 bridgehead atoms. The number of aromatic nitrogens is 5. The van der Waals surface area contributed by atoms with Gasteiger partial charge < -0.3 is 14.5 Å². The Hall–Kier alpha value is -4.38. The minimum atomic E-state index is -0.949. The van der Waals surface area contributed by atoms with Crippen LogP contribution in [0.1, 0.15) is 30.2 Å². The number of anilines is 1. The minimum absolute atomic E-state index is 0.0362. The summed E-state index contributed by atoms with van der Waals surface area (Å²) in [6.07, 6.45) is 5.01. The molecule has 190 valence electrons. The van der Waals surface area contributed by atoms with Gasteiger partial charge in [-0.15, -0.1) is 10.2 Å². The van der Waals surface area contributed by atoms with Crippen LogP contribution in [0.3, 0.4) is 0 Å². The van der Waals surface area contributed by atoms with Gasteiger partial charge in [0.25, 0.3) is 5.91 Å². The lowest BCUT2D eigenvalue weighted by molar-refractivity contribution is -0.127. The summed E-state index contributed by atoms with van der Waals surface area (Å²) in [4.78, 5) is 34.1. The van der Waals surface area contributed by atoms with E-state index >= 15 is 0 Å². The van der Waals surface area contributed by atoms with Gasteiger partial charge in [0.2, 0.25) is 11.7 Å². The van der Waals surface area contributed by atoms with E-state index in [2.05, 4.69) is 25.7 Å². The highest BCUT2D eigenvalue weighted by Crippen LogP contribution is 2.28. The van der Waals surface area contributed by atoms with Gasteiger partial charge in [-0.1, -0.05) is 18.2 Å². The first kappa shape index (κ1) is 24.3. The van der Waals surface area contributed by atoms with E-state index in [0.29, 0.717) is 35.9 Å². The summed E-state index contributed by atoms with van der Waals surface area (Å²) >= 11 is 0. The Labute approximate surface area is 213 Å². The molecule has 1 aliphatic rings. The molecule has 1 saturated heterocycles. The third-order valence-corrected chi connectivity index (χ3v) is 6.05. The normalized spacial score (nSPS) is 15.9. The molecule has 2 amide bonds. The Balaban J connectivity index is 1.44. The van der Waals surface area contributed by atoms with Crippen LogP contribution in [-0.4, -0.2) is 56.3 Å². The lowest BCUT2D eigenvalue weighted by Crippen LogP contribution is -2.46. The largest absolute Gasteiger partial charge is 0.458 e. The highest BCUT2D eigenvalue weighted by Gasteiger charge is 2.34. The van der Waals surface area contributed by atoms with Crippen molar-refractivity contribution in [2.24, 2.45) is 0 Å². The van der Waals surface area contributed by atoms with Crippen LogP contribution >= 0.6 is 0 Å². The van der Waals surface area contributed by atoms with Gasteiger partial charge in [0.15, 0.2) is 5.76 Å². The molecule has 4 aromatic rings. The average Bonchev–Trinajstić information content (AvgIpc) is 3.69. The number of benzene rings is 1. The summed E-state index contributed by atoms with van der Waals surface area (Å²) in [5, 5.41) is 15.3. The number of amides is 2. The van der Waals surface area contributed by atoms with E-state index in [0.717, 1.165) is 12.8 Å². The lowest BCUT2D eigenvalue weighted by atomic mass is 10.0. The number of nitrogens with one attached hydrogen (secondary N) is 1. The zero-order chi connectivity index (χ0) is 25.6. The number of para-hydroxylation sites is 1. The maximum atomic E-state index is 13.8. The molecule has 1 fully saturated rings. The number of aryl methyl sites for hydroxylation is 1. The van der Waals surface area contributed by atoms with Gasteiger partial charge in [-0.3, -0.25) is 19.5 Å². The van der Waals surface area contributed by atoms with Crippen molar-refractivity contribution in [1.29, 1.82) is 0 Å². The fraction of sp³-hybridized carbons (Fsp3) is 0.308.